The molecule has 8 heteroatoms. The number of hydrogen-bond donors (Lipinski definition) is 1. The monoisotopic (exact) mass is 388 g/mol. The molecule has 2 rings (SSSR count). The van der Waals surface area contributed by atoms with Crippen molar-refractivity contribution >= 4 is 56.4 Å². The largest absolute Gasteiger partial charge is 0.321 e. The van der Waals surface area contributed by atoms with E-state index in [0.717, 1.165) is 10.5 Å². The van der Waals surface area contributed by atoms with Crippen LogP contribution < -0.4 is 5.32 Å². The molecule has 0 heterocycles. The van der Waals surface area contributed by atoms with E-state index in [0.29, 0.717) is 10.7 Å². The Morgan fingerprint density at radius 2 is 1.86 bits per heavy atom. The first-order chi connectivity index (χ1) is 9.88. The van der Waals surface area contributed by atoms with E-state index in [9.17, 15) is 14.9 Å². The van der Waals surface area contributed by atoms with E-state index in [1.54, 1.807) is 18.2 Å². The van der Waals surface area contributed by atoms with Crippen LogP contribution in [0.5, 0.6) is 0 Å². The lowest BCUT2D eigenvalue weighted by Gasteiger charge is -2.08. The van der Waals surface area contributed by atoms with Crippen molar-refractivity contribution in [1.29, 1.82) is 0 Å². The molecule has 0 aromatic heterocycles. The summed E-state index contributed by atoms with van der Waals surface area (Å²) in [6.45, 7) is 0. The van der Waals surface area contributed by atoms with Crippen LogP contribution in [0.1, 0.15) is 10.4 Å². The van der Waals surface area contributed by atoms with Gasteiger partial charge in [0.15, 0.2) is 0 Å². The minimum Gasteiger partial charge on any atom is -0.321 e. The minimum atomic E-state index is -0.598. The molecule has 21 heavy (non-hydrogen) atoms. The van der Waals surface area contributed by atoms with Crippen molar-refractivity contribution < 1.29 is 9.72 Å². The average molecular weight is 390 g/mol. The van der Waals surface area contributed by atoms with Crippen molar-refractivity contribution in [2.75, 3.05) is 5.32 Å². The summed E-state index contributed by atoms with van der Waals surface area (Å²) in [6, 6.07) is 8.58. The summed E-state index contributed by atoms with van der Waals surface area (Å²) in [6.07, 6.45) is 0. The first kappa shape index (κ1) is 15.8. The number of nitrogens with one attached hydrogen (secondary N) is 1. The summed E-state index contributed by atoms with van der Waals surface area (Å²) in [5.41, 5.74) is 0.170. The molecule has 2 aromatic rings. The molecule has 0 atom stereocenters. The van der Waals surface area contributed by atoms with Gasteiger partial charge >= 0.3 is 0 Å². The van der Waals surface area contributed by atoms with Crippen LogP contribution >= 0.6 is 39.1 Å². The van der Waals surface area contributed by atoms with Gasteiger partial charge in [0.25, 0.3) is 11.6 Å². The Kier molecular flexibility index (Phi) is 4.82. The van der Waals surface area contributed by atoms with Crippen molar-refractivity contribution in [2.45, 2.75) is 0 Å². The Morgan fingerprint density at radius 1 is 1.14 bits per heavy atom. The number of halogens is 3. The molecule has 0 unspecified atom stereocenters. The van der Waals surface area contributed by atoms with E-state index >= 15 is 0 Å². The number of anilines is 1. The molecule has 0 aliphatic rings. The number of rotatable bonds is 3. The fraction of sp³-hybridized carbons (Fsp3) is 0. The molecule has 5 nitrogen and oxygen atoms in total. The highest BCUT2D eigenvalue weighted by Gasteiger charge is 2.16. The summed E-state index contributed by atoms with van der Waals surface area (Å²) in [7, 11) is 0. The maximum absolute atomic E-state index is 12.2. The third-order valence-electron chi connectivity index (χ3n) is 2.58. The van der Waals surface area contributed by atoms with Crippen molar-refractivity contribution in [1.82, 2.24) is 0 Å². The quantitative estimate of drug-likeness (QED) is 0.598. The maximum Gasteiger partial charge on any atom is 0.270 e. The van der Waals surface area contributed by atoms with Gasteiger partial charge in [-0.1, -0.05) is 39.1 Å². The smallest absolute Gasteiger partial charge is 0.270 e. The van der Waals surface area contributed by atoms with Crippen molar-refractivity contribution in [2.24, 2.45) is 0 Å². The highest BCUT2D eigenvalue weighted by molar-refractivity contribution is 9.10. The summed E-state index contributed by atoms with van der Waals surface area (Å²) in [5.74, 6) is -0.576. The van der Waals surface area contributed by atoms with Gasteiger partial charge < -0.3 is 5.32 Å². The van der Waals surface area contributed by atoms with Gasteiger partial charge in [0, 0.05) is 16.6 Å². The summed E-state index contributed by atoms with van der Waals surface area (Å²) < 4.78 is 0.763. The summed E-state index contributed by atoms with van der Waals surface area (Å²) >= 11 is 15.2. The van der Waals surface area contributed by atoms with E-state index in [1.807, 2.05) is 0 Å². The van der Waals surface area contributed by atoms with Crippen LogP contribution in [0.25, 0.3) is 0 Å². The molecular formula is C13H7BrCl2N2O3. The van der Waals surface area contributed by atoms with Gasteiger partial charge in [-0.05, 0) is 24.3 Å². The Balaban J connectivity index is 2.32. The summed E-state index contributed by atoms with van der Waals surface area (Å²) in [4.78, 5) is 22.3. The number of benzene rings is 2. The molecular weight excluding hydrogens is 383 g/mol. The highest BCUT2D eigenvalue weighted by atomic mass is 79.9. The number of amides is 1. The van der Waals surface area contributed by atoms with Gasteiger partial charge in [0.1, 0.15) is 0 Å². The third kappa shape index (κ3) is 3.72. The van der Waals surface area contributed by atoms with Crippen LogP contribution in [0.2, 0.25) is 10.0 Å². The van der Waals surface area contributed by atoms with Gasteiger partial charge in [-0.15, -0.1) is 0 Å². The first-order valence-corrected chi connectivity index (χ1v) is 7.13. The second kappa shape index (κ2) is 6.43. The predicted octanol–water partition coefficient (Wildman–Crippen LogP) is 4.92. The number of nitro groups is 1. The van der Waals surface area contributed by atoms with E-state index in [1.165, 1.54) is 12.1 Å². The first-order valence-electron chi connectivity index (χ1n) is 5.59. The van der Waals surface area contributed by atoms with E-state index in [-0.39, 0.29) is 16.3 Å². The molecule has 0 saturated heterocycles. The van der Waals surface area contributed by atoms with E-state index in [4.69, 9.17) is 23.2 Å². The van der Waals surface area contributed by atoms with Gasteiger partial charge in [-0.25, -0.2) is 0 Å². The van der Waals surface area contributed by atoms with Gasteiger partial charge in [-0.2, -0.15) is 0 Å². The second-order valence-corrected chi connectivity index (χ2v) is 5.73. The average Bonchev–Trinajstić information content (AvgIpc) is 2.42. The van der Waals surface area contributed by atoms with Crippen LogP contribution in [-0.4, -0.2) is 10.8 Å². The molecule has 0 fully saturated rings. The Labute approximate surface area is 138 Å². The number of hydrogen-bond acceptors (Lipinski definition) is 3. The second-order valence-electron chi connectivity index (χ2n) is 4.00. The topological polar surface area (TPSA) is 72.2 Å². The third-order valence-corrected chi connectivity index (χ3v) is 3.72. The van der Waals surface area contributed by atoms with Gasteiger partial charge in [0.2, 0.25) is 0 Å². The van der Waals surface area contributed by atoms with E-state index in [2.05, 4.69) is 21.2 Å². The fourth-order valence-corrected chi connectivity index (χ4v) is 2.51. The molecule has 108 valence electrons. The van der Waals surface area contributed by atoms with Gasteiger partial charge in [0.05, 0.1) is 26.2 Å². The van der Waals surface area contributed by atoms with Crippen molar-refractivity contribution in [3.8, 4) is 0 Å². The lowest BCUT2D eigenvalue weighted by atomic mass is 10.2. The van der Waals surface area contributed by atoms with Crippen LogP contribution in [-0.2, 0) is 0 Å². The SMILES string of the molecule is O=C(Nc1ccc(Br)cc1Cl)c1cc([N+](=O)[O-])ccc1Cl. The molecule has 0 saturated carbocycles. The normalized spacial score (nSPS) is 10.2. The number of carbonyl (C=O) groups is 1. The minimum absolute atomic E-state index is 0.00449. The molecule has 0 bridgehead atoms. The Morgan fingerprint density at radius 3 is 2.48 bits per heavy atom. The molecule has 2 aromatic carbocycles. The fourth-order valence-electron chi connectivity index (χ4n) is 1.58. The number of non-ortho nitro benzene ring substituents is 1. The maximum atomic E-state index is 12.2. The predicted molar refractivity (Wildman–Crippen MR) is 85.2 cm³/mol. The lowest BCUT2D eigenvalue weighted by Crippen LogP contribution is -2.13. The lowest BCUT2D eigenvalue weighted by molar-refractivity contribution is -0.384. The zero-order valence-electron chi connectivity index (χ0n) is 10.3. The molecule has 0 spiro atoms. The molecule has 0 radical (unpaired) electrons. The highest BCUT2D eigenvalue weighted by Crippen LogP contribution is 2.28. The molecule has 1 N–H and O–H groups in total. The zero-order chi connectivity index (χ0) is 15.6. The van der Waals surface area contributed by atoms with E-state index < -0.39 is 10.8 Å². The van der Waals surface area contributed by atoms with Crippen molar-refractivity contribution in [3.05, 3.63) is 66.6 Å². The standard InChI is InChI=1S/C13H7BrCl2N2O3/c14-7-1-4-12(11(16)5-7)17-13(19)9-6-8(18(20)21)2-3-10(9)15/h1-6H,(H,17,19). The molecule has 1 amide bonds. The van der Waals surface area contributed by atoms with Crippen LogP contribution in [0.15, 0.2) is 40.9 Å². The van der Waals surface area contributed by atoms with Gasteiger partial charge in [-0.3, -0.25) is 14.9 Å². The van der Waals surface area contributed by atoms with Crippen molar-refractivity contribution in [3.63, 3.8) is 0 Å². The summed E-state index contributed by atoms with van der Waals surface area (Å²) in [5, 5.41) is 13.8. The van der Waals surface area contributed by atoms with Crippen LogP contribution in [0.4, 0.5) is 11.4 Å². The molecule has 0 aliphatic carbocycles. The van der Waals surface area contributed by atoms with Crippen LogP contribution in [0.3, 0.4) is 0 Å². The van der Waals surface area contributed by atoms with Crippen LogP contribution in [0, 0.1) is 10.1 Å². The number of carbonyl (C=O) groups excluding carboxylic acids is 1. The Bertz CT molecular complexity index is 737. The molecule has 0 aliphatic heterocycles. The zero-order valence-corrected chi connectivity index (χ0v) is 13.4. The Hall–Kier alpha value is -1.63. The number of nitro benzene ring substituents is 1. The number of nitrogens with zero attached hydrogens (tertiary/aromatic N) is 1.